The van der Waals surface area contributed by atoms with E-state index in [9.17, 15) is 34.8 Å². The van der Waals surface area contributed by atoms with E-state index in [1.54, 1.807) is 49.6 Å². The van der Waals surface area contributed by atoms with Gasteiger partial charge in [-0.15, -0.1) is 0 Å². The lowest BCUT2D eigenvalue weighted by atomic mass is 10.0. The number of primary sulfonamides is 1. The number of carbonyl (C=O) groups is 2. The van der Waals surface area contributed by atoms with E-state index in [2.05, 4.69) is 15.0 Å². The first kappa shape index (κ1) is 36.7. The molecule has 252 valence electrons. The molecule has 0 spiro atoms. The summed E-state index contributed by atoms with van der Waals surface area (Å²) in [6.45, 7) is 5.87. The number of rotatable bonds is 11. The lowest BCUT2D eigenvalue weighted by Gasteiger charge is -2.22. The fourth-order valence-electron chi connectivity index (χ4n) is 4.03. The molecule has 1 atom stereocenters. The van der Waals surface area contributed by atoms with Gasteiger partial charge in [-0.3, -0.25) is 14.6 Å². The maximum absolute atomic E-state index is 13.6. The third-order valence-electron chi connectivity index (χ3n) is 5.99. The average Bonchev–Trinajstić information content (AvgIpc) is 3.00. The Morgan fingerprint density at radius 3 is 2.26 bits per heavy atom. The number of aldehydes is 1. The molecular formula is C30H31F3N4O8S2. The Morgan fingerprint density at radius 1 is 0.957 bits per heavy atom. The quantitative estimate of drug-likeness (QED) is 0.189. The number of amides is 1. The number of pyridine rings is 1. The van der Waals surface area contributed by atoms with Gasteiger partial charge in [0.15, 0.2) is 11.5 Å². The Labute approximate surface area is 269 Å². The summed E-state index contributed by atoms with van der Waals surface area (Å²) < 4.78 is 94.8. The van der Waals surface area contributed by atoms with Gasteiger partial charge in [0.2, 0.25) is 16.3 Å². The van der Waals surface area contributed by atoms with Crippen LogP contribution in [0.1, 0.15) is 32.4 Å². The molecule has 3 aromatic carbocycles. The van der Waals surface area contributed by atoms with Gasteiger partial charge in [0, 0.05) is 23.5 Å². The van der Waals surface area contributed by atoms with Crippen molar-refractivity contribution in [1.29, 1.82) is 0 Å². The van der Waals surface area contributed by atoms with E-state index in [1.807, 2.05) is 26.0 Å². The lowest BCUT2D eigenvalue weighted by Crippen LogP contribution is -2.37. The summed E-state index contributed by atoms with van der Waals surface area (Å²) in [6, 6.07) is 15.3. The molecule has 1 heterocycles. The van der Waals surface area contributed by atoms with Gasteiger partial charge in [-0.05, 0) is 80.3 Å². The fourth-order valence-corrected chi connectivity index (χ4v) is 5.71. The summed E-state index contributed by atoms with van der Waals surface area (Å²) in [5, 5.41) is 10.0. The SMILES string of the molecule is CCOc1cc(C(Nc2ccc3cnccc3c2)C(=O)NS(=O)(=O)c2cccc(S(N)(=O)=O)c2)ccc1OC(C)C.O=CC(F)(F)F. The molecule has 47 heavy (non-hydrogen) atoms. The van der Waals surface area contributed by atoms with Gasteiger partial charge in [0.05, 0.1) is 22.5 Å². The topological polar surface area (TPSA) is 184 Å². The summed E-state index contributed by atoms with van der Waals surface area (Å²) in [4.78, 5) is 25.6. The Morgan fingerprint density at radius 2 is 1.64 bits per heavy atom. The first-order valence-electron chi connectivity index (χ1n) is 13.7. The van der Waals surface area contributed by atoms with Crippen LogP contribution < -0.4 is 24.7 Å². The Hall–Kier alpha value is -4.74. The number of nitrogens with one attached hydrogen (secondary N) is 2. The summed E-state index contributed by atoms with van der Waals surface area (Å²) in [6.07, 6.45) is -2.50. The largest absolute Gasteiger partial charge is 0.490 e. The van der Waals surface area contributed by atoms with Crippen molar-refractivity contribution in [3.8, 4) is 11.5 Å². The first-order chi connectivity index (χ1) is 21.9. The maximum Gasteiger partial charge on any atom is 0.446 e. The minimum absolute atomic E-state index is 0.136. The van der Waals surface area contributed by atoms with Crippen LogP contribution in [-0.2, 0) is 29.6 Å². The van der Waals surface area contributed by atoms with Gasteiger partial charge in [0.1, 0.15) is 6.04 Å². The number of alkyl halides is 3. The number of ether oxygens (including phenoxy) is 2. The predicted molar refractivity (Wildman–Crippen MR) is 167 cm³/mol. The molecular weight excluding hydrogens is 665 g/mol. The molecule has 4 N–H and O–H groups in total. The predicted octanol–water partition coefficient (Wildman–Crippen LogP) is 4.47. The minimum atomic E-state index is -4.64. The molecule has 0 aliphatic heterocycles. The van der Waals surface area contributed by atoms with Crippen LogP contribution in [0.2, 0.25) is 0 Å². The molecule has 0 fully saturated rings. The standard InChI is InChI=1S/C28H30N4O7S2.C2HF3O/c1-4-38-26-15-20(9-11-25(26)39-18(2)3)27(31-22-10-8-21-17-30-13-12-19(21)14-22)28(33)32-41(36,37)24-7-5-6-23(16-24)40(29,34)35;3-2(4,5)1-6/h5-18,27,31H,4H2,1-3H3,(H,32,33)(H2,29,34,35);1H. The van der Waals surface area contributed by atoms with Crippen LogP contribution in [0.25, 0.3) is 10.8 Å². The van der Waals surface area contributed by atoms with Crippen molar-refractivity contribution in [3.63, 3.8) is 0 Å². The Bertz CT molecular complexity index is 1950. The molecule has 0 aliphatic rings. The van der Waals surface area contributed by atoms with E-state index < -0.39 is 54.2 Å². The highest BCUT2D eigenvalue weighted by atomic mass is 32.2. The number of fused-ring (bicyclic) bond motifs is 1. The van der Waals surface area contributed by atoms with Crippen LogP contribution in [0.4, 0.5) is 18.9 Å². The highest BCUT2D eigenvalue weighted by Crippen LogP contribution is 2.33. The number of anilines is 1. The number of benzene rings is 3. The second-order valence-corrected chi connectivity index (χ2v) is 13.2. The monoisotopic (exact) mass is 696 g/mol. The molecule has 12 nitrogen and oxygen atoms in total. The van der Waals surface area contributed by atoms with Crippen molar-refractivity contribution >= 4 is 48.7 Å². The van der Waals surface area contributed by atoms with Crippen molar-refractivity contribution in [2.75, 3.05) is 11.9 Å². The van der Waals surface area contributed by atoms with Gasteiger partial charge in [-0.2, -0.15) is 13.2 Å². The minimum Gasteiger partial charge on any atom is -0.490 e. The van der Waals surface area contributed by atoms with Crippen molar-refractivity contribution in [3.05, 3.63) is 84.7 Å². The van der Waals surface area contributed by atoms with Crippen molar-refractivity contribution in [1.82, 2.24) is 9.71 Å². The van der Waals surface area contributed by atoms with Gasteiger partial charge < -0.3 is 14.8 Å². The molecule has 4 aromatic rings. The molecule has 0 saturated heterocycles. The molecule has 1 aromatic heterocycles. The maximum atomic E-state index is 13.6. The molecule has 0 saturated carbocycles. The number of nitrogens with two attached hydrogens (primary N) is 1. The molecule has 0 aliphatic carbocycles. The second-order valence-electron chi connectivity index (χ2n) is 9.97. The first-order valence-corrected chi connectivity index (χ1v) is 16.7. The fraction of sp³-hybridized carbons (Fsp3) is 0.233. The number of halogens is 3. The van der Waals surface area contributed by atoms with E-state index in [0.29, 0.717) is 29.4 Å². The van der Waals surface area contributed by atoms with Crippen LogP contribution in [0, 0.1) is 0 Å². The summed E-state index contributed by atoms with van der Waals surface area (Å²) in [5.41, 5.74) is 0.934. The van der Waals surface area contributed by atoms with E-state index in [4.69, 9.17) is 19.4 Å². The van der Waals surface area contributed by atoms with E-state index >= 15 is 0 Å². The summed E-state index contributed by atoms with van der Waals surface area (Å²) in [5.74, 6) is -0.0669. The van der Waals surface area contributed by atoms with E-state index in [-0.39, 0.29) is 6.10 Å². The van der Waals surface area contributed by atoms with Crippen molar-refractivity contribution < 1.29 is 49.1 Å². The molecule has 4 rings (SSSR count). The molecule has 0 bridgehead atoms. The number of nitrogens with zero attached hydrogens (tertiary/aromatic N) is 1. The molecule has 1 amide bonds. The van der Waals surface area contributed by atoms with Crippen LogP contribution in [0.5, 0.6) is 11.5 Å². The third-order valence-corrected chi connectivity index (χ3v) is 8.25. The number of carbonyl (C=O) groups excluding carboxylic acids is 2. The van der Waals surface area contributed by atoms with Gasteiger partial charge >= 0.3 is 6.18 Å². The number of aromatic nitrogens is 1. The van der Waals surface area contributed by atoms with E-state index in [1.165, 1.54) is 6.07 Å². The van der Waals surface area contributed by atoms with Crippen LogP contribution >= 0.6 is 0 Å². The molecule has 1 unspecified atom stereocenters. The zero-order chi connectivity index (χ0) is 35.0. The van der Waals surface area contributed by atoms with Gasteiger partial charge in [0.25, 0.3) is 15.9 Å². The summed E-state index contributed by atoms with van der Waals surface area (Å²) >= 11 is 0. The van der Waals surface area contributed by atoms with Crippen LogP contribution in [0.3, 0.4) is 0 Å². The highest BCUT2D eigenvalue weighted by Gasteiger charge is 2.28. The number of sulfonamides is 2. The van der Waals surface area contributed by atoms with Gasteiger partial charge in [-0.1, -0.05) is 18.2 Å². The second kappa shape index (κ2) is 15.2. The zero-order valence-corrected chi connectivity index (χ0v) is 26.8. The van der Waals surface area contributed by atoms with Gasteiger partial charge in [-0.25, -0.2) is 26.7 Å². The average molecular weight is 697 g/mol. The zero-order valence-electron chi connectivity index (χ0n) is 25.2. The van der Waals surface area contributed by atoms with Crippen LogP contribution in [-0.4, -0.2) is 52.9 Å². The third kappa shape index (κ3) is 10.7. The van der Waals surface area contributed by atoms with Crippen molar-refractivity contribution in [2.45, 2.75) is 48.9 Å². The molecule has 17 heteroatoms. The molecule has 0 radical (unpaired) electrons. The van der Waals surface area contributed by atoms with Crippen molar-refractivity contribution in [2.24, 2.45) is 5.14 Å². The lowest BCUT2D eigenvalue weighted by molar-refractivity contribution is -0.156. The van der Waals surface area contributed by atoms with Crippen LogP contribution in [0.15, 0.2) is 88.9 Å². The highest BCUT2D eigenvalue weighted by molar-refractivity contribution is 7.90. The summed E-state index contributed by atoms with van der Waals surface area (Å²) in [7, 11) is -8.67. The number of hydrogen-bond donors (Lipinski definition) is 3. The normalized spacial score (nSPS) is 12.4. The Balaban J connectivity index is 0.000000913. The Kier molecular flexibility index (Phi) is 11.9. The smallest absolute Gasteiger partial charge is 0.446 e. The van der Waals surface area contributed by atoms with E-state index in [0.717, 1.165) is 29.0 Å². The number of hydrogen-bond acceptors (Lipinski definition) is 10.